The lowest BCUT2D eigenvalue weighted by Gasteiger charge is -2.28. The summed E-state index contributed by atoms with van der Waals surface area (Å²) in [6.45, 7) is 8.16. The lowest BCUT2D eigenvalue weighted by molar-refractivity contribution is 0.0222. The monoisotopic (exact) mass is 343 g/mol. The van der Waals surface area contributed by atoms with Crippen LogP contribution in [0.1, 0.15) is 51.2 Å². The summed E-state index contributed by atoms with van der Waals surface area (Å²) in [5.74, 6) is 1.41. The van der Waals surface area contributed by atoms with E-state index in [0.29, 0.717) is 18.0 Å². The van der Waals surface area contributed by atoms with E-state index in [9.17, 15) is 4.79 Å². The zero-order valence-corrected chi connectivity index (χ0v) is 15.5. The Kier molecular flexibility index (Phi) is 4.49. The number of rotatable bonds is 2. The molecular formula is C18H25N5O2. The second kappa shape index (κ2) is 6.46. The van der Waals surface area contributed by atoms with E-state index in [4.69, 9.17) is 4.74 Å². The SMILES string of the molecule is CNc1ccc2c(C3CCCN3C(=O)OC(C)(C)C)nc(C)nc2n1. The van der Waals surface area contributed by atoms with Crippen molar-refractivity contribution in [3.63, 3.8) is 0 Å². The summed E-state index contributed by atoms with van der Waals surface area (Å²) in [7, 11) is 1.82. The molecule has 1 N–H and O–H groups in total. The molecule has 25 heavy (non-hydrogen) atoms. The number of fused-ring (bicyclic) bond motifs is 1. The molecule has 1 unspecified atom stereocenters. The lowest BCUT2D eigenvalue weighted by Crippen LogP contribution is -2.36. The van der Waals surface area contributed by atoms with Crippen LogP contribution in [0.2, 0.25) is 0 Å². The van der Waals surface area contributed by atoms with E-state index in [0.717, 1.165) is 29.7 Å². The number of carbonyl (C=O) groups is 1. The van der Waals surface area contributed by atoms with Gasteiger partial charge in [-0.05, 0) is 52.7 Å². The van der Waals surface area contributed by atoms with E-state index in [1.54, 1.807) is 4.90 Å². The minimum absolute atomic E-state index is 0.110. The molecule has 1 saturated heterocycles. The first-order valence-corrected chi connectivity index (χ1v) is 8.61. The van der Waals surface area contributed by atoms with Gasteiger partial charge in [0.15, 0.2) is 5.65 Å². The van der Waals surface area contributed by atoms with Gasteiger partial charge in [0.2, 0.25) is 0 Å². The second-order valence-corrected chi connectivity index (χ2v) is 7.31. The van der Waals surface area contributed by atoms with Crippen molar-refractivity contribution in [2.45, 2.75) is 52.2 Å². The summed E-state index contributed by atoms with van der Waals surface area (Å²) in [5, 5.41) is 3.90. The Bertz CT molecular complexity index is 800. The Labute approximate surface area is 147 Å². The van der Waals surface area contributed by atoms with Crippen LogP contribution in [0, 0.1) is 6.92 Å². The van der Waals surface area contributed by atoms with Crippen molar-refractivity contribution in [3.05, 3.63) is 23.7 Å². The fraction of sp³-hybridized carbons (Fsp3) is 0.556. The van der Waals surface area contributed by atoms with E-state index in [2.05, 4.69) is 20.3 Å². The average Bonchev–Trinajstić information content (AvgIpc) is 3.01. The van der Waals surface area contributed by atoms with E-state index in [1.807, 2.05) is 46.9 Å². The van der Waals surface area contributed by atoms with Crippen LogP contribution in [0.4, 0.5) is 10.6 Å². The van der Waals surface area contributed by atoms with Crippen molar-refractivity contribution < 1.29 is 9.53 Å². The van der Waals surface area contributed by atoms with Crippen molar-refractivity contribution in [2.24, 2.45) is 0 Å². The number of nitrogens with one attached hydrogen (secondary N) is 1. The van der Waals surface area contributed by atoms with Crippen molar-refractivity contribution >= 4 is 22.9 Å². The van der Waals surface area contributed by atoms with Crippen LogP contribution in [0.3, 0.4) is 0 Å². The van der Waals surface area contributed by atoms with Crippen molar-refractivity contribution in [2.75, 3.05) is 18.9 Å². The summed E-state index contributed by atoms with van der Waals surface area (Å²) < 4.78 is 5.57. The molecule has 2 aromatic heterocycles. The van der Waals surface area contributed by atoms with Crippen LogP contribution in [-0.2, 0) is 4.74 Å². The standard InChI is InChI=1S/C18H25N5O2/c1-11-20-15(12-8-9-14(19-5)22-16(12)21-11)13-7-6-10-23(13)17(24)25-18(2,3)4/h8-9,13H,6-7,10H2,1-5H3,(H,19,20,21,22). The fourth-order valence-electron chi connectivity index (χ4n) is 3.13. The number of pyridine rings is 1. The third-order valence-corrected chi connectivity index (χ3v) is 4.15. The molecule has 1 atom stereocenters. The number of likely N-dealkylation sites (tertiary alicyclic amines) is 1. The Morgan fingerprint density at radius 1 is 1.28 bits per heavy atom. The molecule has 1 aliphatic rings. The number of anilines is 1. The highest BCUT2D eigenvalue weighted by Crippen LogP contribution is 2.35. The topological polar surface area (TPSA) is 80.2 Å². The van der Waals surface area contributed by atoms with Gasteiger partial charge in [0, 0.05) is 19.0 Å². The van der Waals surface area contributed by atoms with Gasteiger partial charge in [-0.2, -0.15) is 0 Å². The zero-order chi connectivity index (χ0) is 18.2. The predicted octanol–water partition coefficient (Wildman–Crippen LogP) is 3.45. The summed E-state index contributed by atoms with van der Waals surface area (Å²) >= 11 is 0. The molecule has 1 aliphatic heterocycles. The summed E-state index contributed by atoms with van der Waals surface area (Å²) in [5.41, 5.74) is 0.975. The molecule has 3 rings (SSSR count). The maximum absolute atomic E-state index is 12.6. The van der Waals surface area contributed by atoms with Gasteiger partial charge in [0.25, 0.3) is 0 Å². The number of nitrogens with zero attached hydrogens (tertiary/aromatic N) is 4. The third kappa shape index (κ3) is 3.65. The number of hydrogen-bond acceptors (Lipinski definition) is 6. The fourth-order valence-corrected chi connectivity index (χ4v) is 3.13. The Balaban J connectivity index is 2.01. The highest BCUT2D eigenvalue weighted by molar-refractivity contribution is 5.80. The van der Waals surface area contributed by atoms with Crippen LogP contribution < -0.4 is 5.32 Å². The van der Waals surface area contributed by atoms with Crippen LogP contribution >= 0.6 is 0 Å². The molecule has 1 fully saturated rings. The maximum Gasteiger partial charge on any atom is 0.410 e. The normalized spacial score (nSPS) is 17.8. The highest BCUT2D eigenvalue weighted by atomic mass is 16.6. The molecule has 134 valence electrons. The molecule has 0 aliphatic carbocycles. The van der Waals surface area contributed by atoms with E-state index in [1.165, 1.54) is 0 Å². The van der Waals surface area contributed by atoms with Gasteiger partial charge in [-0.3, -0.25) is 4.90 Å². The first-order chi connectivity index (χ1) is 11.8. The van der Waals surface area contributed by atoms with Crippen LogP contribution in [0.15, 0.2) is 12.1 Å². The largest absolute Gasteiger partial charge is 0.444 e. The molecule has 1 amide bonds. The lowest BCUT2D eigenvalue weighted by atomic mass is 10.1. The molecule has 0 spiro atoms. The molecule has 7 heteroatoms. The molecule has 0 aromatic carbocycles. The Morgan fingerprint density at radius 3 is 2.72 bits per heavy atom. The molecule has 0 saturated carbocycles. The van der Waals surface area contributed by atoms with E-state index in [-0.39, 0.29) is 12.1 Å². The summed E-state index contributed by atoms with van der Waals surface area (Å²) in [6, 6.07) is 3.76. The van der Waals surface area contributed by atoms with Crippen molar-refractivity contribution in [1.29, 1.82) is 0 Å². The second-order valence-electron chi connectivity index (χ2n) is 7.31. The number of ether oxygens (including phenoxy) is 1. The first kappa shape index (κ1) is 17.4. The van der Waals surface area contributed by atoms with Crippen LogP contribution in [-0.4, -0.2) is 45.1 Å². The van der Waals surface area contributed by atoms with Crippen LogP contribution in [0.25, 0.3) is 11.0 Å². The van der Waals surface area contributed by atoms with Gasteiger partial charge in [0.05, 0.1) is 11.7 Å². The van der Waals surface area contributed by atoms with Gasteiger partial charge >= 0.3 is 6.09 Å². The molecular weight excluding hydrogens is 318 g/mol. The molecule has 2 aromatic rings. The van der Waals surface area contributed by atoms with Gasteiger partial charge in [-0.1, -0.05) is 0 Å². The number of aryl methyl sites for hydroxylation is 1. The first-order valence-electron chi connectivity index (χ1n) is 8.61. The van der Waals surface area contributed by atoms with Gasteiger partial charge < -0.3 is 10.1 Å². The summed E-state index contributed by atoms with van der Waals surface area (Å²) in [6.07, 6.45) is 1.49. The quantitative estimate of drug-likeness (QED) is 0.899. The van der Waals surface area contributed by atoms with Crippen molar-refractivity contribution in [1.82, 2.24) is 19.9 Å². The minimum atomic E-state index is -0.517. The minimum Gasteiger partial charge on any atom is -0.444 e. The van der Waals surface area contributed by atoms with E-state index >= 15 is 0 Å². The molecule has 0 radical (unpaired) electrons. The number of aromatic nitrogens is 3. The summed E-state index contributed by atoms with van der Waals surface area (Å²) in [4.78, 5) is 28.0. The van der Waals surface area contributed by atoms with E-state index < -0.39 is 5.60 Å². The average molecular weight is 343 g/mol. The Hall–Kier alpha value is -2.44. The molecule has 0 bridgehead atoms. The van der Waals surface area contributed by atoms with Gasteiger partial charge in [-0.25, -0.2) is 19.7 Å². The van der Waals surface area contributed by atoms with Crippen molar-refractivity contribution in [3.8, 4) is 0 Å². The molecule has 3 heterocycles. The number of hydrogen-bond donors (Lipinski definition) is 1. The maximum atomic E-state index is 12.6. The highest BCUT2D eigenvalue weighted by Gasteiger charge is 2.35. The number of amides is 1. The van der Waals surface area contributed by atoms with Crippen LogP contribution in [0.5, 0.6) is 0 Å². The van der Waals surface area contributed by atoms with Gasteiger partial charge in [0.1, 0.15) is 17.2 Å². The van der Waals surface area contributed by atoms with Gasteiger partial charge in [-0.15, -0.1) is 0 Å². The third-order valence-electron chi connectivity index (χ3n) is 4.15. The molecule has 7 nitrogen and oxygen atoms in total. The number of carbonyl (C=O) groups excluding carboxylic acids is 1. The predicted molar refractivity (Wildman–Crippen MR) is 96.5 cm³/mol. The smallest absolute Gasteiger partial charge is 0.410 e. The zero-order valence-electron chi connectivity index (χ0n) is 15.5. The Morgan fingerprint density at radius 2 is 2.04 bits per heavy atom.